The number of hydrogen-bond donors (Lipinski definition) is 1. The summed E-state index contributed by atoms with van der Waals surface area (Å²) in [6, 6.07) is 1.71. The SMILES string of the molecule is CCc1cc(C(N)=O)c(CC)c(F)c1C. The van der Waals surface area contributed by atoms with Gasteiger partial charge in [0.2, 0.25) is 5.91 Å². The lowest BCUT2D eigenvalue weighted by Gasteiger charge is -2.12. The van der Waals surface area contributed by atoms with Crippen LogP contribution in [-0.2, 0) is 12.8 Å². The van der Waals surface area contributed by atoms with Crippen LogP contribution in [0.1, 0.15) is 40.9 Å². The number of aryl methyl sites for hydroxylation is 1. The molecule has 0 aliphatic heterocycles. The van der Waals surface area contributed by atoms with Crippen molar-refractivity contribution in [1.82, 2.24) is 0 Å². The molecule has 0 bridgehead atoms. The third kappa shape index (κ3) is 2.01. The molecule has 1 aromatic carbocycles. The van der Waals surface area contributed by atoms with Crippen molar-refractivity contribution < 1.29 is 9.18 Å². The number of halogens is 1. The second kappa shape index (κ2) is 4.43. The van der Waals surface area contributed by atoms with E-state index in [0.717, 1.165) is 5.56 Å². The summed E-state index contributed by atoms with van der Waals surface area (Å²) >= 11 is 0. The number of primary amides is 1. The van der Waals surface area contributed by atoms with Gasteiger partial charge >= 0.3 is 0 Å². The third-order valence-electron chi connectivity index (χ3n) is 2.72. The first-order chi connectivity index (χ1) is 7.02. The van der Waals surface area contributed by atoms with Crippen LogP contribution in [0.4, 0.5) is 4.39 Å². The van der Waals surface area contributed by atoms with Crippen molar-refractivity contribution in [2.75, 3.05) is 0 Å². The van der Waals surface area contributed by atoms with Gasteiger partial charge in [0.15, 0.2) is 0 Å². The molecule has 0 radical (unpaired) electrons. The van der Waals surface area contributed by atoms with E-state index in [1.165, 1.54) is 0 Å². The summed E-state index contributed by atoms with van der Waals surface area (Å²) in [5.74, 6) is -0.842. The van der Waals surface area contributed by atoms with Gasteiger partial charge in [-0.05, 0) is 37.0 Å². The molecule has 0 spiro atoms. The topological polar surface area (TPSA) is 43.1 Å². The molecule has 82 valence electrons. The van der Waals surface area contributed by atoms with Crippen molar-refractivity contribution in [2.45, 2.75) is 33.6 Å². The fourth-order valence-corrected chi connectivity index (χ4v) is 1.79. The van der Waals surface area contributed by atoms with Crippen molar-refractivity contribution in [1.29, 1.82) is 0 Å². The Balaban J connectivity index is 3.51. The van der Waals surface area contributed by atoms with E-state index < -0.39 is 5.91 Å². The maximum Gasteiger partial charge on any atom is 0.249 e. The molecule has 1 aromatic rings. The lowest BCUT2D eigenvalue weighted by atomic mass is 9.95. The molecule has 0 heterocycles. The molecule has 0 aliphatic rings. The highest BCUT2D eigenvalue weighted by Gasteiger charge is 2.16. The Labute approximate surface area is 89.3 Å². The minimum atomic E-state index is -0.555. The number of carbonyl (C=O) groups is 1. The highest BCUT2D eigenvalue weighted by atomic mass is 19.1. The minimum Gasteiger partial charge on any atom is -0.366 e. The molecule has 0 atom stereocenters. The number of nitrogens with two attached hydrogens (primary N) is 1. The van der Waals surface area contributed by atoms with Gasteiger partial charge in [-0.15, -0.1) is 0 Å². The van der Waals surface area contributed by atoms with E-state index in [1.807, 2.05) is 13.8 Å². The van der Waals surface area contributed by atoms with E-state index in [0.29, 0.717) is 29.5 Å². The molecule has 2 N–H and O–H groups in total. The molecular weight excluding hydrogens is 193 g/mol. The summed E-state index contributed by atoms with van der Waals surface area (Å²) in [6.45, 7) is 5.48. The zero-order chi connectivity index (χ0) is 11.6. The Hall–Kier alpha value is -1.38. The van der Waals surface area contributed by atoms with Crippen molar-refractivity contribution >= 4 is 5.91 Å². The van der Waals surface area contributed by atoms with Gasteiger partial charge in [-0.3, -0.25) is 4.79 Å². The summed E-state index contributed by atoms with van der Waals surface area (Å²) < 4.78 is 13.9. The quantitative estimate of drug-likeness (QED) is 0.815. The monoisotopic (exact) mass is 209 g/mol. The van der Waals surface area contributed by atoms with Crippen LogP contribution < -0.4 is 5.73 Å². The molecule has 0 unspecified atom stereocenters. The van der Waals surface area contributed by atoms with Crippen LogP contribution in [0.5, 0.6) is 0 Å². The Morgan fingerprint density at radius 1 is 1.40 bits per heavy atom. The van der Waals surface area contributed by atoms with E-state index in [-0.39, 0.29) is 5.82 Å². The van der Waals surface area contributed by atoms with E-state index in [2.05, 4.69) is 0 Å². The summed E-state index contributed by atoms with van der Waals surface area (Å²) in [5.41, 5.74) is 7.44. The molecule has 1 amide bonds. The van der Waals surface area contributed by atoms with Gasteiger partial charge in [-0.2, -0.15) is 0 Å². The van der Waals surface area contributed by atoms with Crippen molar-refractivity contribution in [2.24, 2.45) is 5.73 Å². The first-order valence-electron chi connectivity index (χ1n) is 5.13. The van der Waals surface area contributed by atoms with E-state index >= 15 is 0 Å². The van der Waals surface area contributed by atoms with E-state index in [9.17, 15) is 9.18 Å². The van der Waals surface area contributed by atoms with E-state index in [1.54, 1.807) is 13.0 Å². The van der Waals surface area contributed by atoms with Gasteiger partial charge < -0.3 is 5.73 Å². The second-order valence-electron chi connectivity index (χ2n) is 3.57. The largest absolute Gasteiger partial charge is 0.366 e. The maximum atomic E-state index is 13.9. The van der Waals surface area contributed by atoms with Crippen LogP contribution in [0.2, 0.25) is 0 Å². The van der Waals surface area contributed by atoms with Crippen LogP contribution in [0.3, 0.4) is 0 Å². The number of hydrogen-bond acceptors (Lipinski definition) is 1. The van der Waals surface area contributed by atoms with Gasteiger partial charge in [0, 0.05) is 11.1 Å². The molecule has 3 heteroatoms. The van der Waals surface area contributed by atoms with Gasteiger partial charge in [0.05, 0.1) is 0 Å². The molecule has 0 saturated heterocycles. The van der Waals surface area contributed by atoms with Crippen LogP contribution >= 0.6 is 0 Å². The number of benzene rings is 1. The van der Waals surface area contributed by atoms with Crippen LogP contribution in [0, 0.1) is 12.7 Å². The predicted molar refractivity (Wildman–Crippen MR) is 58.4 cm³/mol. The number of carbonyl (C=O) groups excluding carboxylic acids is 1. The van der Waals surface area contributed by atoms with Crippen molar-refractivity contribution in [3.8, 4) is 0 Å². The zero-order valence-corrected chi connectivity index (χ0v) is 9.36. The number of rotatable bonds is 3. The van der Waals surface area contributed by atoms with Crippen LogP contribution in [0.25, 0.3) is 0 Å². The molecule has 0 saturated carbocycles. The highest BCUT2D eigenvalue weighted by Crippen LogP contribution is 2.22. The molecule has 15 heavy (non-hydrogen) atoms. The third-order valence-corrected chi connectivity index (χ3v) is 2.72. The summed E-state index contributed by atoms with van der Waals surface area (Å²) in [6.07, 6.45) is 1.18. The number of amides is 1. The first kappa shape index (κ1) is 11.7. The standard InChI is InChI=1S/C12H16FNO/c1-4-8-6-10(12(14)15)9(5-2)11(13)7(8)3/h6H,4-5H2,1-3H3,(H2,14,15). The molecule has 0 aliphatic carbocycles. The molecule has 1 rings (SSSR count). The molecule has 0 fully saturated rings. The summed E-state index contributed by atoms with van der Waals surface area (Å²) in [7, 11) is 0. The average Bonchev–Trinajstić information content (AvgIpc) is 2.21. The fourth-order valence-electron chi connectivity index (χ4n) is 1.79. The molecular formula is C12H16FNO. The van der Waals surface area contributed by atoms with Crippen molar-refractivity contribution in [3.63, 3.8) is 0 Å². The predicted octanol–water partition coefficient (Wildman–Crippen LogP) is 2.36. The Bertz CT molecular complexity index is 399. The second-order valence-corrected chi connectivity index (χ2v) is 3.57. The van der Waals surface area contributed by atoms with Gasteiger partial charge in [0.1, 0.15) is 5.82 Å². The molecule has 0 aromatic heterocycles. The summed E-state index contributed by atoms with van der Waals surface area (Å²) in [4.78, 5) is 11.2. The van der Waals surface area contributed by atoms with Gasteiger partial charge in [-0.1, -0.05) is 13.8 Å². The smallest absolute Gasteiger partial charge is 0.249 e. The lowest BCUT2D eigenvalue weighted by Crippen LogP contribution is -2.16. The average molecular weight is 209 g/mol. The highest BCUT2D eigenvalue weighted by molar-refractivity contribution is 5.94. The first-order valence-corrected chi connectivity index (χ1v) is 5.13. The Kier molecular flexibility index (Phi) is 3.45. The zero-order valence-electron chi connectivity index (χ0n) is 9.36. The van der Waals surface area contributed by atoms with Gasteiger partial charge in [-0.25, -0.2) is 4.39 Å². The van der Waals surface area contributed by atoms with Gasteiger partial charge in [0.25, 0.3) is 0 Å². The van der Waals surface area contributed by atoms with Crippen LogP contribution in [-0.4, -0.2) is 5.91 Å². The Morgan fingerprint density at radius 2 is 2.00 bits per heavy atom. The molecule has 2 nitrogen and oxygen atoms in total. The fraction of sp³-hybridized carbons (Fsp3) is 0.417. The van der Waals surface area contributed by atoms with Crippen molar-refractivity contribution in [3.05, 3.63) is 34.1 Å². The minimum absolute atomic E-state index is 0.286. The normalized spacial score (nSPS) is 10.4. The van der Waals surface area contributed by atoms with E-state index in [4.69, 9.17) is 5.73 Å². The maximum absolute atomic E-state index is 13.9. The van der Waals surface area contributed by atoms with Crippen LogP contribution in [0.15, 0.2) is 6.07 Å². The Morgan fingerprint density at radius 3 is 2.40 bits per heavy atom. The summed E-state index contributed by atoms with van der Waals surface area (Å²) in [5, 5.41) is 0. The lowest BCUT2D eigenvalue weighted by molar-refractivity contribution is 0.0999.